The third kappa shape index (κ3) is 5.30. The SMILES string of the molecule is CCC(C)O/N=C/CN. The van der Waals surface area contributed by atoms with Crippen LogP contribution in [0.2, 0.25) is 0 Å². The Bertz CT molecular complexity index is 83.1. The fraction of sp³-hybridized carbons (Fsp3) is 0.833. The maximum Gasteiger partial charge on any atom is 0.124 e. The van der Waals surface area contributed by atoms with Gasteiger partial charge in [0, 0.05) is 6.54 Å². The number of nitrogens with two attached hydrogens (primary N) is 1. The van der Waals surface area contributed by atoms with Crippen molar-refractivity contribution in [1.82, 2.24) is 0 Å². The summed E-state index contributed by atoms with van der Waals surface area (Å²) in [6.07, 6.45) is 2.72. The molecule has 0 aliphatic carbocycles. The molecule has 54 valence electrons. The Morgan fingerprint density at radius 1 is 1.78 bits per heavy atom. The number of hydrogen-bond acceptors (Lipinski definition) is 3. The monoisotopic (exact) mass is 130 g/mol. The number of oxime groups is 1. The summed E-state index contributed by atoms with van der Waals surface area (Å²) in [7, 11) is 0. The van der Waals surface area contributed by atoms with E-state index in [2.05, 4.69) is 5.16 Å². The van der Waals surface area contributed by atoms with E-state index in [-0.39, 0.29) is 6.10 Å². The van der Waals surface area contributed by atoms with Gasteiger partial charge in [-0.15, -0.1) is 0 Å². The van der Waals surface area contributed by atoms with E-state index >= 15 is 0 Å². The predicted octanol–water partition coefficient (Wildman–Crippen LogP) is 0.746. The van der Waals surface area contributed by atoms with Crippen LogP contribution in [0.3, 0.4) is 0 Å². The number of rotatable bonds is 4. The normalized spacial score (nSPS) is 14.1. The van der Waals surface area contributed by atoms with E-state index in [1.807, 2.05) is 13.8 Å². The zero-order valence-electron chi connectivity index (χ0n) is 6.00. The molecule has 0 aliphatic rings. The maximum absolute atomic E-state index is 5.13. The van der Waals surface area contributed by atoms with E-state index in [0.717, 1.165) is 6.42 Å². The molecule has 0 heterocycles. The van der Waals surface area contributed by atoms with Crippen molar-refractivity contribution in [2.45, 2.75) is 26.4 Å². The molecule has 0 aliphatic heterocycles. The Morgan fingerprint density at radius 3 is 2.89 bits per heavy atom. The number of nitrogens with zero attached hydrogens (tertiary/aromatic N) is 1. The highest BCUT2D eigenvalue weighted by atomic mass is 16.6. The van der Waals surface area contributed by atoms with Crippen LogP contribution in [0.25, 0.3) is 0 Å². The lowest BCUT2D eigenvalue weighted by molar-refractivity contribution is 0.0709. The van der Waals surface area contributed by atoms with Gasteiger partial charge in [-0.2, -0.15) is 0 Å². The molecular weight excluding hydrogens is 116 g/mol. The highest BCUT2D eigenvalue weighted by Gasteiger charge is 1.93. The molecule has 0 amide bonds. The Morgan fingerprint density at radius 2 is 2.44 bits per heavy atom. The molecular formula is C6H14N2O. The van der Waals surface area contributed by atoms with Gasteiger partial charge in [0.1, 0.15) is 6.10 Å². The molecule has 0 rings (SSSR count). The summed E-state index contributed by atoms with van der Waals surface area (Å²) < 4.78 is 0. The minimum absolute atomic E-state index is 0.202. The van der Waals surface area contributed by atoms with Gasteiger partial charge in [-0.05, 0) is 13.3 Å². The average molecular weight is 130 g/mol. The Kier molecular flexibility index (Phi) is 5.21. The van der Waals surface area contributed by atoms with E-state index in [0.29, 0.717) is 6.54 Å². The lowest BCUT2D eigenvalue weighted by atomic mass is 10.3. The first-order chi connectivity index (χ1) is 4.31. The molecule has 0 saturated heterocycles. The van der Waals surface area contributed by atoms with Crippen molar-refractivity contribution >= 4 is 6.21 Å². The van der Waals surface area contributed by atoms with Crippen LogP contribution in [0.4, 0.5) is 0 Å². The minimum atomic E-state index is 0.202. The van der Waals surface area contributed by atoms with Crippen LogP contribution >= 0.6 is 0 Å². The van der Waals surface area contributed by atoms with Crippen molar-refractivity contribution in [3.05, 3.63) is 0 Å². The van der Waals surface area contributed by atoms with Gasteiger partial charge in [-0.1, -0.05) is 12.1 Å². The van der Waals surface area contributed by atoms with Gasteiger partial charge in [0.25, 0.3) is 0 Å². The molecule has 1 atom stereocenters. The summed E-state index contributed by atoms with van der Waals surface area (Å²) in [5, 5.41) is 3.61. The summed E-state index contributed by atoms with van der Waals surface area (Å²) in [5.74, 6) is 0. The van der Waals surface area contributed by atoms with E-state index in [1.165, 1.54) is 0 Å². The van der Waals surface area contributed by atoms with E-state index in [9.17, 15) is 0 Å². The largest absolute Gasteiger partial charge is 0.393 e. The molecule has 0 aromatic rings. The Hall–Kier alpha value is -0.570. The first-order valence-corrected chi connectivity index (χ1v) is 3.19. The van der Waals surface area contributed by atoms with Crippen molar-refractivity contribution < 1.29 is 4.84 Å². The molecule has 0 fully saturated rings. The van der Waals surface area contributed by atoms with Crippen molar-refractivity contribution in [1.29, 1.82) is 0 Å². The summed E-state index contributed by atoms with van der Waals surface area (Å²) in [5.41, 5.74) is 5.13. The second kappa shape index (κ2) is 5.56. The predicted molar refractivity (Wildman–Crippen MR) is 38.4 cm³/mol. The summed E-state index contributed by atoms with van der Waals surface area (Å²) in [6, 6.07) is 0. The molecule has 0 bridgehead atoms. The van der Waals surface area contributed by atoms with E-state index < -0.39 is 0 Å². The molecule has 2 N–H and O–H groups in total. The van der Waals surface area contributed by atoms with Crippen molar-refractivity contribution in [2.75, 3.05) is 6.54 Å². The minimum Gasteiger partial charge on any atom is -0.393 e. The van der Waals surface area contributed by atoms with E-state index in [4.69, 9.17) is 10.6 Å². The molecule has 0 saturated carbocycles. The smallest absolute Gasteiger partial charge is 0.124 e. The van der Waals surface area contributed by atoms with Crippen LogP contribution < -0.4 is 5.73 Å². The fourth-order valence-corrected chi connectivity index (χ4v) is 0.264. The van der Waals surface area contributed by atoms with Crippen molar-refractivity contribution in [3.8, 4) is 0 Å². The van der Waals surface area contributed by atoms with Crippen LogP contribution in [0, 0.1) is 0 Å². The standard InChI is InChI=1S/C6H14N2O/c1-3-6(2)9-8-5-4-7/h5-6H,3-4,7H2,1-2H3/b8-5+. The molecule has 0 radical (unpaired) electrons. The first kappa shape index (κ1) is 8.43. The molecule has 3 nitrogen and oxygen atoms in total. The van der Waals surface area contributed by atoms with Gasteiger partial charge in [-0.25, -0.2) is 0 Å². The molecule has 9 heavy (non-hydrogen) atoms. The zero-order valence-corrected chi connectivity index (χ0v) is 6.00. The second-order valence-corrected chi connectivity index (χ2v) is 1.85. The topological polar surface area (TPSA) is 47.6 Å². The first-order valence-electron chi connectivity index (χ1n) is 3.19. The fourth-order valence-electron chi connectivity index (χ4n) is 0.264. The van der Waals surface area contributed by atoms with Gasteiger partial charge < -0.3 is 10.6 Å². The lowest BCUT2D eigenvalue weighted by Gasteiger charge is -2.03. The van der Waals surface area contributed by atoms with Crippen molar-refractivity contribution in [3.63, 3.8) is 0 Å². The molecule has 0 spiro atoms. The number of hydrogen-bond donors (Lipinski definition) is 1. The highest BCUT2D eigenvalue weighted by molar-refractivity contribution is 5.58. The second-order valence-electron chi connectivity index (χ2n) is 1.85. The quantitative estimate of drug-likeness (QED) is 0.451. The van der Waals surface area contributed by atoms with Gasteiger partial charge >= 0.3 is 0 Å². The van der Waals surface area contributed by atoms with E-state index in [1.54, 1.807) is 6.21 Å². The van der Waals surface area contributed by atoms with Crippen LogP contribution in [-0.2, 0) is 4.84 Å². The molecule has 0 aromatic carbocycles. The summed E-state index contributed by atoms with van der Waals surface area (Å²) in [4.78, 5) is 4.92. The van der Waals surface area contributed by atoms with Gasteiger partial charge in [0.05, 0.1) is 6.21 Å². The van der Waals surface area contributed by atoms with Crippen LogP contribution in [0.15, 0.2) is 5.16 Å². The molecule has 1 unspecified atom stereocenters. The summed E-state index contributed by atoms with van der Waals surface area (Å²) >= 11 is 0. The van der Waals surface area contributed by atoms with Gasteiger partial charge in [0.2, 0.25) is 0 Å². The summed E-state index contributed by atoms with van der Waals surface area (Å²) in [6.45, 7) is 4.45. The third-order valence-corrected chi connectivity index (χ3v) is 0.996. The lowest BCUT2D eigenvalue weighted by Crippen LogP contribution is -2.04. The van der Waals surface area contributed by atoms with Crippen molar-refractivity contribution in [2.24, 2.45) is 10.9 Å². The van der Waals surface area contributed by atoms with Gasteiger partial charge in [0.15, 0.2) is 0 Å². The zero-order chi connectivity index (χ0) is 7.11. The third-order valence-electron chi connectivity index (χ3n) is 0.996. The highest BCUT2D eigenvalue weighted by Crippen LogP contribution is 1.94. The maximum atomic E-state index is 5.13. The van der Waals surface area contributed by atoms with Crippen LogP contribution in [0.5, 0.6) is 0 Å². The van der Waals surface area contributed by atoms with Crippen LogP contribution in [0.1, 0.15) is 20.3 Å². The Balaban J connectivity index is 3.15. The van der Waals surface area contributed by atoms with Crippen LogP contribution in [-0.4, -0.2) is 18.9 Å². The molecule has 3 heteroatoms. The Labute approximate surface area is 55.9 Å². The van der Waals surface area contributed by atoms with Gasteiger partial charge in [-0.3, -0.25) is 0 Å². The average Bonchev–Trinajstić information content (AvgIpc) is 1.89. The molecule has 0 aromatic heterocycles.